The van der Waals surface area contributed by atoms with Crippen molar-refractivity contribution in [1.82, 2.24) is 19.9 Å². The minimum absolute atomic E-state index is 0. The van der Waals surface area contributed by atoms with Gasteiger partial charge in [-0.15, -0.1) is 12.4 Å². The van der Waals surface area contributed by atoms with Crippen molar-refractivity contribution in [2.45, 2.75) is 18.9 Å². The van der Waals surface area contributed by atoms with Gasteiger partial charge >= 0.3 is 0 Å². The highest BCUT2D eigenvalue weighted by Crippen LogP contribution is 2.35. The lowest BCUT2D eigenvalue weighted by atomic mass is 10.00. The van der Waals surface area contributed by atoms with Crippen LogP contribution in [0.4, 0.5) is 21.7 Å². The van der Waals surface area contributed by atoms with Gasteiger partial charge in [0.1, 0.15) is 23.2 Å². The van der Waals surface area contributed by atoms with Crippen LogP contribution in [0.15, 0.2) is 67.0 Å². The number of hydrogen-bond acceptors (Lipinski definition) is 9. The molecule has 4 heterocycles. The van der Waals surface area contributed by atoms with E-state index in [1.165, 1.54) is 13.2 Å². The number of pyridine rings is 1. The van der Waals surface area contributed by atoms with Crippen LogP contribution in [-0.4, -0.2) is 78.3 Å². The Bertz CT molecular complexity index is 1600. The van der Waals surface area contributed by atoms with Crippen LogP contribution in [0.2, 0.25) is 0 Å². The molecule has 0 saturated carbocycles. The molecule has 2 fully saturated rings. The van der Waals surface area contributed by atoms with E-state index in [-0.39, 0.29) is 35.7 Å². The molecular formula is C32H35ClFN7O3. The van der Waals surface area contributed by atoms with E-state index in [9.17, 15) is 9.18 Å². The topological polar surface area (TPSA) is 119 Å². The normalized spacial score (nSPS) is 16.7. The van der Waals surface area contributed by atoms with Crippen molar-refractivity contribution in [2.24, 2.45) is 5.73 Å². The standard InChI is InChI=1S/C32H34FN7O3.ClH/c1-42-27-6-2-5-25(33)30(27)31-35-12-11-28(38-31)37-29-18-26(40-13-3-4-23(34)20-40)24(19-36-29)21-7-9-22(10-8-21)32(41)39-14-16-43-17-15-39;/h2,5-12,18-19,23H,3-4,13-17,20,34H2,1H3,(H,35,36,37,38);1H/t23-;/m0./s1. The minimum atomic E-state index is -0.472. The lowest BCUT2D eigenvalue weighted by molar-refractivity contribution is 0.0303. The number of halogens is 2. The molecule has 3 N–H and O–H groups in total. The molecule has 2 aromatic heterocycles. The number of nitrogens with zero attached hydrogens (tertiary/aromatic N) is 5. The number of nitrogens with one attached hydrogen (secondary N) is 1. The number of nitrogens with two attached hydrogens (primary N) is 1. The zero-order chi connectivity index (χ0) is 29.8. The van der Waals surface area contributed by atoms with Gasteiger partial charge in [-0.3, -0.25) is 4.79 Å². The van der Waals surface area contributed by atoms with E-state index in [1.807, 2.05) is 41.4 Å². The Morgan fingerprint density at radius 2 is 1.86 bits per heavy atom. The molecule has 4 aromatic rings. The first-order valence-electron chi connectivity index (χ1n) is 14.4. The molecule has 1 amide bonds. The summed E-state index contributed by atoms with van der Waals surface area (Å²) in [4.78, 5) is 30.6. The van der Waals surface area contributed by atoms with Gasteiger partial charge in [0, 0.05) is 67.5 Å². The second-order valence-corrected chi connectivity index (χ2v) is 10.6. The Hall–Kier alpha value is -4.32. The number of hydrogen-bond donors (Lipinski definition) is 2. The molecular weight excluding hydrogens is 585 g/mol. The summed E-state index contributed by atoms with van der Waals surface area (Å²) in [7, 11) is 1.48. The van der Waals surface area contributed by atoms with Crippen LogP contribution in [0.3, 0.4) is 0 Å². The number of morpholine rings is 1. The van der Waals surface area contributed by atoms with Gasteiger partial charge in [-0.1, -0.05) is 18.2 Å². The zero-order valence-electron chi connectivity index (χ0n) is 24.4. The van der Waals surface area contributed by atoms with Gasteiger partial charge in [-0.05, 0) is 48.7 Å². The maximum absolute atomic E-state index is 14.7. The van der Waals surface area contributed by atoms with Crippen LogP contribution in [0.5, 0.6) is 5.75 Å². The number of amides is 1. The Balaban J connectivity index is 0.00000384. The van der Waals surface area contributed by atoms with Gasteiger partial charge in [-0.25, -0.2) is 19.3 Å². The van der Waals surface area contributed by atoms with Crippen LogP contribution >= 0.6 is 12.4 Å². The summed E-state index contributed by atoms with van der Waals surface area (Å²) in [6, 6.07) is 16.0. The van der Waals surface area contributed by atoms with Gasteiger partial charge in [-0.2, -0.15) is 0 Å². The lowest BCUT2D eigenvalue weighted by Gasteiger charge is -2.34. The third kappa shape index (κ3) is 6.75. The number of methoxy groups -OCH3 is 1. The number of rotatable bonds is 7. The molecule has 0 unspecified atom stereocenters. The van der Waals surface area contributed by atoms with E-state index >= 15 is 0 Å². The van der Waals surface area contributed by atoms with Gasteiger partial charge in [0.05, 0.1) is 25.9 Å². The predicted octanol–water partition coefficient (Wildman–Crippen LogP) is 4.92. The average Bonchev–Trinajstić information content (AvgIpc) is 3.05. The van der Waals surface area contributed by atoms with E-state index < -0.39 is 5.82 Å². The van der Waals surface area contributed by atoms with Gasteiger partial charge in [0.25, 0.3) is 5.91 Å². The van der Waals surface area contributed by atoms with E-state index in [4.69, 9.17) is 20.2 Å². The summed E-state index contributed by atoms with van der Waals surface area (Å²) in [5.41, 5.74) is 10.1. The van der Waals surface area contributed by atoms with Crippen molar-refractivity contribution in [2.75, 3.05) is 56.7 Å². The molecule has 10 nitrogen and oxygen atoms in total. The fourth-order valence-corrected chi connectivity index (χ4v) is 5.54. The fraction of sp³-hybridized carbons (Fsp3) is 0.312. The molecule has 0 aliphatic carbocycles. The Kier molecular flexibility index (Phi) is 9.89. The SMILES string of the molecule is COc1cccc(F)c1-c1nccc(Nc2cc(N3CCC[C@H](N)C3)c(-c3ccc(C(=O)N4CCOCC4)cc3)cn2)n1.Cl. The number of ether oxygens (including phenoxy) is 2. The lowest BCUT2D eigenvalue weighted by Crippen LogP contribution is -2.43. The predicted molar refractivity (Wildman–Crippen MR) is 170 cm³/mol. The van der Waals surface area contributed by atoms with E-state index in [2.05, 4.69) is 20.2 Å². The van der Waals surface area contributed by atoms with Gasteiger partial charge < -0.3 is 30.3 Å². The number of anilines is 3. The highest BCUT2D eigenvalue weighted by atomic mass is 35.5. The summed E-state index contributed by atoms with van der Waals surface area (Å²) in [6.07, 6.45) is 5.34. The maximum Gasteiger partial charge on any atom is 0.254 e. The van der Waals surface area contributed by atoms with Gasteiger partial charge in [0.2, 0.25) is 0 Å². The first kappa shape index (κ1) is 31.1. The zero-order valence-corrected chi connectivity index (χ0v) is 25.2. The Labute approximate surface area is 261 Å². The third-order valence-electron chi connectivity index (χ3n) is 7.75. The summed E-state index contributed by atoms with van der Waals surface area (Å²) in [5.74, 6) is 1.11. The van der Waals surface area contributed by atoms with Crippen molar-refractivity contribution in [1.29, 1.82) is 0 Å². The van der Waals surface area contributed by atoms with Gasteiger partial charge in [0.15, 0.2) is 5.82 Å². The van der Waals surface area contributed by atoms with Crippen molar-refractivity contribution < 1.29 is 18.7 Å². The molecule has 0 spiro atoms. The van der Waals surface area contributed by atoms with Crippen molar-refractivity contribution >= 4 is 35.6 Å². The fourth-order valence-electron chi connectivity index (χ4n) is 5.54. The Morgan fingerprint density at radius 3 is 2.61 bits per heavy atom. The van der Waals surface area contributed by atoms with E-state index in [0.717, 1.165) is 42.7 Å². The smallest absolute Gasteiger partial charge is 0.254 e. The summed E-state index contributed by atoms with van der Waals surface area (Å²) < 4.78 is 25.4. The van der Waals surface area contributed by atoms with Crippen LogP contribution in [0, 0.1) is 5.82 Å². The number of piperidine rings is 1. The van der Waals surface area contributed by atoms with Crippen molar-refractivity contribution in [3.05, 3.63) is 78.4 Å². The van der Waals surface area contributed by atoms with E-state index in [0.29, 0.717) is 49.3 Å². The molecule has 2 aliphatic heterocycles. The number of carbonyl (C=O) groups excluding carboxylic acids is 1. The van der Waals surface area contributed by atoms with Crippen molar-refractivity contribution in [3.8, 4) is 28.3 Å². The molecule has 1 atom stereocenters. The van der Waals surface area contributed by atoms with E-state index in [1.54, 1.807) is 24.4 Å². The molecule has 6 rings (SSSR count). The summed E-state index contributed by atoms with van der Waals surface area (Å²) in [6.45, 7) is 3.90. The largest absolute Gasteiger partial charge is 0.496 e. The molecule has 2 aromatic carbocycles. The monoisotopic (exact) mass is 619 g/mol. The van der Waals surface area contributed by atoms with Crippen LogP contribution < -0.4 is 20.7 Å². The quantitative estimate of drug-likeness (QED) is 0.297. The second-order valence-electron chi connectivity index (χ2n) is 10.6. The average molecular weight is 620 g/mol. The summed E-state index contributed by atoms with van der Waals surface area (Å²) in [5, 5.41) is 3.26. The second kappa shape index (κ2) is 14.0. The first-order chi connectivity index (χ1) is 21.0. The number of carbonyl (C=O) groups is 1. The molecule has 0 bridgehead atoms. The number of benzene rings is 2. The van der Waals surface area contributed by atoms with Crippen LogP contribution in [-0.2, 0) is 4.74 Å². The molecule has 0 radical (unpaired) electrons. The highest BCUT2D eigenvalue weighted by Gasteiger charge is 2.23. The van der Waals surface area contributed by atoms with Crippen molar-refractivity contribution in [3.63, 3.8) is 0 Å². The third-order valence-corrected chi connectivity index (χ3v) is 7.75. The van der Waals surface area contributed by atoms with Crippen LogP contribution in [0.25, 0.3) is 22.5 Å². The molecule has 44 heavy (non-hydrogen) atoms. The number of aromatic nitrogens is 3. The molecule has 230 valence electrons. The first-order valence-corrected chi connectivity index (χ1v) is 14.4. The highest BCUT2D eigenvalue weighted by molar-refractivity contribution is 5.95. The van der Waals surface area contributed by atoms with Crippen LogP contribution in [0.1, 0.15) is 23.2 Å². The summed E-state index contributed by atoms with van der Waals surface area (Å²) >= 11 is 0. The molecule has 2 saturated heterocycles. The molecule has 2 aliphatic rings. The maximum atomic E-state index is 14.7. The molecule has 12 heteroatoms. The minimum Gasteiger partial charge on any atom is -0.496 e. The Morgan fingerprint density at radius 1 is 1.07 bits per heavy atom.